The van der Waals surface area contributed by atoms with Crippen LogP contribution in [0.1, 0.15) is 34.9 Å². The molecule has 1 atom stereocenters. The molecule has 0 saturated carbocycles. The van der Waals surface area contributed by atoms with Crippen LogP contribution in [0.3, 0.4) is 0 Å². The fourth-order valence-electron chi connectivity index (χ4n) is 3.52. The first-order chi connectivity index (χ1) is 12.7. The van der Waals surface area contributed by atoms with Gasteiger partial charge in [-0.3, -0.25) is 14.9 Å². The van der Waals surface area contributed by atoms with Gasteiger partial charge in [0.05, 0.1) is 6.20 Å². The number of likely N-dealkylation sites (tertiary alicyclic amines) is 1. The summed E-state index contributed by atoms with van der Waals surface area (Å²) in [5.41, 5.74) is 3.71. The number of H-pyrrole nitrogens is 1. The van der Waals surface area contributed by atoms with E-state index < -0.39 is 0 Å². The lowest BCUT2D eigenvalue weighted by atomic mass is 9.90. The van der Waals surface area contributed by atoms with E-state index in [0.717, 1.165) is 36.2 Å². The summed E-state index contributed by atoms with van der Waals surface area (Å²) < 4.78 is 0. The molecule has 1 aliphatic heterocycles. The maximum Gasteiger partial charge on any atom is 0.272 e. The van der Waals surface area contributed by atoms with Crippen molar-refractivity contribution >= 4 is 17.5 Å². The van der Waals surface area contributed by atoms with Crippen molar-refractivity contribution in [2.75, 3.05) is 13.1 Å². The minimum Gasteiger partial charge on any atom is -0.337 e. The van der Waals surface area contributed by atoms with Crippen LogP contribution in [-0.2, 0) is 0 Å². The van der Waals surface area contributed by atoms with E-state index in [-0.39, 0.29) is 11.8 Å². The number of aromatic amines is 1. The summed E-state index contributed by atoms with van der Waals surface area (Å²) in [5, 5.41) is 8.11. The van der Waals surface area contributed by atoms with E-state index in [4.69, 9.17) is 11.6 Å². The quantitative estimate of drug-likeness (QED) is 0.757. The molecule has 0 aliphatic carbocycles. The van der Waals surface area contributed by atoms with Crippen molar-refractivity contribution in [3.63, 3.8) is 0 Å². The van der Waals surface area contributed by atoms with Crippen LogP contribution in [0.15, 0.2) is 54.9 Å². The van der Waals surface area contributed by atoms with Gasteiger partial charge < -0.3 is 4.90 Å². The molecular weight excluding hydrogens is 348 g/mol. The summed E-state index contributed by atoms with van der Waals surface area (Å²) >= 11 is 6.00. The average Bonchev–Trinajstić information content (AvgIpc) is 3.19. The zero-order valence-corrected chi connectivity index (χ0v) is 15.0. The van der Waals surface area contributed by atoms with Crippen LogP contribution in [0, 0.1) is 0 Å². The molecule has 5 nitrogen and oxygen atoms in total. The highest BCUT2D eigenvalue weighted by molar-refractivity contribution is 6.30. The van der Waals surface area contributed by atoms with Gasteiger partial charge in [-0.2, -0.15) is 5.10 Å². The first-order valence-electron chi connectivity index (χ1n) is 8.72. The number of nitrogens with one attached hydrogen (secondary N) is 1. The van der Waals surface area contributed by atoms with E-state index in [9.17, 15) is 4.79 Å². The van der Waals surface area contributed by atoms with E-state index in [0.29, 0.717) is 17.3 Å². The van der Waals surface area contributed by atoms with Crippen molar-refractivity contribution in [3.8, 4) is 11.1 Å². The van der Waals surface area contributed by atoms with E-state index in [1.807, 2.05) is 47.5 Å². The Morgan fingerprint density at radius 1 is 1.19 bits per heavy atom. The van der Waals surface area contributed by atoms with Crippen LogP contribution in [0.25, 0.3) is 11.1 Å². The molecule has 1 aliphatic rings. The van der Waals surface area contributed by atoms with Gasteiger partial charge in [0.2, 0.25) is 0 Å². The number of hydrogen-bond acceptors (Lipinski definition) is 3. The number of halogens is 1. The molecule has 1 fully saturated rings. The highest BCUT2D eigenvalue weighted by Gasteiger charge is 2.28. The fourth-order valence-corrected chi connectivity index (χ4v) is 3.64. The van der Waals surface area contributed by atoms with Crippen molar-refractivity contribution in [2.24, 2.45) is 0 Å². The predicted octanol–water partition coefficient (Wildman–Crippen LogP) is 4.14. The Hall–Kier alpha value is -2.66. The van der Waals surface area contributed by atoms with Gasteiger partial charge in [-0.1, -0.05) is 29.8 Å². The molecule has 1 saturated heterocycles. The van der Waals surface area contributed by atoms with Crippen LogP contribution in [0.5, 0.6) is 0 Å². The number of nitrogens with zero attached hydrogens (tertiary/aromatic N) is 3. The number of carbonyl (C=O) groups is 1. The van der Waals surface area contributed by atoms with Crippen molar-refractivity contribution in [1.29, 1.82) is 0 Å². The smallest absolute Gasteiger partial charge is 0.272 e. The molecule has 0 unspecified atom stereocenters. The van der Waals surface area contributed by atoms with Crippen molar-refractivity contribution in [3.05, 3.63) is 71.3 Å². The van der Waals surface area contributed by atoms with Gasteiger partial charge in [0.25, 0.3) is 5.91 Å². The zero-order valence-electron chi connectivity index (χ0n) is 14.2. The average molecular weight is 367 g/mol. The van der Waals surface area contributed by atoms with Gasteiger partial charge in [-0.05, 0) is 42.7 Å². The number of aromatic nitrogens is 3. The van der Waals surface area contributed by atoms with Gasteiger partial charge in [-0.15, -0.1) is 0 Å². The van der Waals surface area contributed by atoms with Crippen LogP contribution < -0.4 is 0 Å². The molecule has 2 aromatic heterocycles. The molecule has 0 bridgehead atoms. The lowest BCUT2D eigenvalue weighted by molar-refractivity contribution is 0.0700. The summed E-state index contributed by atoms with van der Waals surface area (Å²) in [7, 11) is 0. The second-order valence-electron chi connectivity index (χ2n) is 6.51. The third-order valence-electron chi connectivity index (χ3n) is 4.82. The molecule has 6 heteroatoms. The molecule has 1 aromatic carbocycles. The fraction of sp³-hybridized carbons (Fsp3) is 0.250. The topological polar surface area (TPSA) is 61.9 Å². The Morgan fingerprint density at radius 2 is 2.04 bits per heavy atom. The largest absolute Gasteiger partial charge is 0.337 e. The van der Waals surface area contributed by atoms with Gasteiger partial charge in [0.1, 0.15) is 5.69 Å². The molecule has 0 spiro atoms. The summed E-state index contributed by atoms with van der Waals surface area (Å²) in [6, 6.07) is 13.2. The van der Waals surface area contributed by atoms with E-state index in [1.54, 1.807) is 12.3 Å². The third-order valence-corrected chi connectivity index (χ3v) is 5.08. The highest BCUT2D eigenvalue weighted by Crippen LogP contribution is 2.33. The normalized spacial score (nSPS) is 17.3. The number of rotatable bonds is 3. The molecular formula is C20H19ClN4O. The highest BCUT2D eigenvalue weighted by atomic mass is 35.5. The van der Waals surface area contributed by atoms with Gasteiger partial charge in [0, 0.05) is 41.5 Å². The summed E-state index contributed by atoms with van der Waals surface area (Å²) in [6.45, 7) is 1.43. The minimum atomic E-state index is -0.0112. The van der Waals surface area contributed by atoms with E-state index in [1.165, 1.54) is 0 Å². The number of pyridine rings is 1. The SMILES string of the molecule is O=C(c1ccccn1)N1CCC[C@H](c2[nH]ncc2-c2ccc(Cl)cc2)C1. The molecule has 4 rings (SSSR count). The first kappa shape index (κ1) is 16.8. The number of piperidine rings is 1. The Bertz CT molecular complexity index is 892. The minimum absolute atomic E-state index is 0.0112. The number of benzene rings is 1. The zero-order chi connectivity index (χ0) is 17.9. The van der Waals surface area contributed by atoms with Crippen molar-refractivity contribution in [2.45, 2.75) is 18.8 Å². The van der Waals surface area contributed by atoms with Crippen LogP contribution in [0.4, 0.5) is 0 Å². The Labute approximate surface area is 157 Å². The summed E-state index contributed by atoms with van der Waals surface area (Å²) in [4.78, 5) is 18.8. The lowest BCUT2D eigenvalue weighted by Crippen LogP contribution is -2.39. The van der Waals surface area contributed by atoms with Gasteiger partial charge in [0.15, 0.2) is 0 Å². The molecule has 3 aromatic rings. The summed E-state index contributed by atoms with van der Waals surface area (Å²) in [6.07, 6.45) is 5.48. The maximum absolute atomic E-state index is 12.7. The van der Waals surface area contributed by atoms with E-state index in [2.05, 4.69) is 15.2 Å². The number of hydrogen-bond donors (Lipinski definition) is 1. The molecule has 3 heterocycles. The summed E-state index contributed by atoms with van der Waals surface area (Å²) in [5.74, 6) is 0.215. The monoisotopic (exact) mass is 366 g/mol. The third kappa shape index (κ3) is 3.35. The molecule has 132 valence electrons. The van der Waals surface area contributed by atoms with Crippen LogP contribution >= 0.6 is 11.6 Å². The molecule has 1 N–H and O–H groups in total. The number of amides is 1. The second kappa shape index (κ2) is 7.30. The molecule has 0 radical (unpaired) electrons. The predicted molar refractivity (Wildman–Crippen MR) is 101 cm³/mol. The van der Waals surface area contributed by atoms with Gasteiger partial charge >= 0.3 is 0 Å². The molecule has 1 amide bonds. The first-order valence-corrected chi connectivity index (χ1v) is 9.09. The second-order valence-corrected chi connectivity index (χ2v) is 6.95. The standard InChI is InChI=1S/C20H19ClN4O/c21-16-8-6-14(7-9-16)17-12-23-24-19(17)15-4-3-11-25(13-15)20(26)18-5-1-2-10-22-18/h1-2,5-10,12,15H,3-4,11,13H2,(H,23,24)/t15-/m0/s1. The van der Waals surface area contributed by atoms with E-state index >= 15 is 0 Å². The van der Waals surface area contributed by atoms with Crippen molar-refractivity contribution in [1.82, 2.24) is 20.1 Å². The Kier molecular flexibility index (Phi) is 4.71. The Balaban J connectivity index is 1.57. The maximum atomic E-state index is 12.7. The molecule has 26 heavy (non-hydrogen) atoms. The van der Waals surface area contributed by atoms with Gasteiger partial charge in [-0.25, -0.2) is 0 Å². The van der Waals surface area contributed by atoms with Crippen molar-refractivity contribution < 1.29 is 4.79 Å². The van der Waals surface area contributed by atoms with Crippen LogP contribution in [0.2, 0.25) is 5.02 Å². The lowest BCUT2D eigenvalue weighted by Gasteiger charge is -2.32. The Morgan fingerprint density at radius 3 is 2.81 bits per heavy atom. The van der Waals surface area contributed by atoms with Crippen LogP contribution in [-0.4, -0.2) is 39.1 Å². The number of carbonyl (C=O) groups excluding carboxylic acids is 1.